The van der Waals surface area contributed by atoms with E-state index in [-0.39, 0.29) is 6.67 Å². The summed E-state index contributed by atoms with van der Waals surface area (Å²) in [6, 6.07) is 0. The second kappa shape index (κ2) is 4.26. The van der Waals surface area contributed by atoms with Crippen molar-refractivity contribution in [3.63, 3.8) is 0 Å². The number of alkyl halides is 1. The van der Waals surface area contributed by atoms with E-state index >= 15 is 0 Å². The van der Waals surface area contributed by atoms with Crippen LogP contribution in [0.25, 0.3) is 0 Å². The van der Waals surface area contributed by atoms with Crippen LogP contribution in [0.3, 0.4) is 0 Å². The van der Waals surface area contributed by atoms with Crippen molar-refractivity contribution < 1.29 is 4.39 Å². The first-order chi connectivity index (χ1) is 4.93. The van der Waals surface area contributed by atoms with Gasteiger partial charge in [-0.2, -0.15) is 0 Å². The van der Waals surface area contributed by atoms with Crippen LogP contribution in [-0.4, -0.2) is 6.67 Å². The predicted octanol–water partition coefficient (Wildman–Crippen LogP) is 3.01. The molecular formula is C9H13F. The van der Waals surface area contributed by atoms with Crippen LogP contribution in [0.5, 0.6) is 0 Å². The molecule has 0 atom stereocenters. The summed E-state index contributed by atoms with van der Waals surface area (Å²) in [5.74, 6) is 0. The van der Waals surface area contributed by atoms with Crippen molar-refractivity contribution >= 4 is 0 Å². The van der Waals surface area contributed by atoms with Crippen LogP contribution >= 0.6 is 0 Å². The van der Waals surface area contributed by atoms with Crippen LogP contribution < -0.4 is 0 Å². The standard InChI is InChI=1S/C9H13F/c10-8-4-3-7-9-5-1-2-6-9/h1-2,5H,3-4,6-8H2. The van der Waals surface area contributed by atoms with Gasteiger partial charge in [0.1, 0.15) is 0 Å². The molecule has 0 N–H and O–H groups in total. The van der Waals surface area contributed by atoms with E-state index < -0.39 is 0 Å². The number of hydrogen-bond donors (Lipinski definition) is 0. The fraction of sp³-hybridized carbons (Fsp3) is 0.556. The van der Waals surface area contributed by atoms with Crippen molar-refractivity contribution in [2.24, 2.45) is 0 Å². The molecule has 0 aromatic rings. The molecule has 0 aromatic carbocycles. The molecule has 1 aliphatic carbocycles. The fourth-order valence-electron chi connectivity index (χ4n) is 1.12. The second-order valence-corrected chi connectivity index (χ2v) is 2.60. The Hall–Kier alpha value is -0.590. The number of allylic oxidation sites excluding steroid dienone is 4. The molecule has 0 saturated carbocycles. The molecule has 1 rings (SSSR count). The SMILES string of the molecule is FCCCCC1=CC=CC1. The normalized spacial score (nSPS) is 15.9. The maximum atomic E-state index is 11.6. The maximum Gasteiger partial charge on any atom is 0.0894 e. The van der Waals surface area contributed by atoms with E-state index in [0.717, 1.165) is 25.7 Å². The molecule has 0 spiro atoms. The highest BCUT2D eigenvalue weighted by molar-refractivity contribution is 5.22. The van der Waals surface area contributed by atoms with Crippen LogP contribution in [0, 0.1) is 0 Å². The molecule has 1 heteroatoms. The van der Waals surface area contributed by atoms with E-state index in [1.807, 2.05) is 0 Å². The number of rotatable bonds is 4. The zero-order valence-electron chi connectivity index (χ0n) is 6.15. The lowest BCUT2D eigenvalue weighted by atomic mass is 10.1. The first kappa shape index (κ1) is 7.52. The van der Waals surface area contributed by atoms with Gasteiger partial charge in [0.05, 0.1) is 6.67 Å². The minimum absolute atomic E-state index is 0.166. The molecule has 0 saturated heterocycles. The average Bonchev–Trinajstić information content (AvgIpc) is 2.41. The predicted molar refractivity (Wildman–Crippen MR) is 41.7 cm³/mol. The molecular weight excluding hydrogens is 127 g/mol. The third-order valence-electron chi connectivity index (χ3n) is 1.73. The summed E-state index contributed by atoms with van der Waals surface area (Å²) in [6.07, 6.45) is 10.2. The fourth-order valence-corrected chi connectivity index (χ4v) is 1.12. The van der Waals surface area contributed by atoms with E-state index in [1.54, 1.807) is 0 Å². The van der Waals surface area contributed by atoms with Gasteiger partial charge >= 0.3 is 0 Å². The van der Waals surface area contributed by atoms with Gasteiger partial charge in [-0.1, -0.05) is 23.8 Å². The summed E-state index contributed by atoms with van der Waals surface area (Å²) in [5, 5.41) is 0. The monoisotopic (exact) mass is 140 g/mol. The Morgan fingerprint density at radius 2 is 2.30 bits per heavy atom. The molecule has 1 aliphatic rings. The summed E-state index contributed by atoms with van der Waals surface area (Å²) >= 11 is 0. The molecule has 10 heavy (non-hydrogen) atoms. The van der Waals surface area contributed by atoms with E-state index in [9.17, 15) is 4.39 Å². The highest BCUT2D eigenvalue weighted by Gasteiger charge is 1.97. The Morgan fingerprint density at radius 3 is 2.90 bits per heavy atom. The van der Waals surface area contributed by atoms with Crippen LogP contribution in [0.1, 0.15) is 25.7 Å². The Labute approximate surface area is 61.4 Å². The van der Waals surface area contributed by atoms with Crippen molar-refractivity contribution in [1.29, 1.82) is 0 Å². The van der Waals surface area contributed by atoms with Crippen molar-refractivity contribution in [3.05, 3.63) is 23.8 Å². The lowest BCUT2D eigenvalue weighted by Gasteiger charge is -1.97. The summed E-state index contributed by atoms with van der Waals surface area (Å²) < 4.78 is 11.6. The van der Waals surface area contributed by atoms with E-state index in [2.05, 4.69) is 18.2 Å². The highest BCUT2D eigenvalue weighted by Crippen LogP contribution is 2.16. The van der Waals surface area contributed by atoms with Crippen molar-refractivity contribution in [3.8, 4) is 0 Å². The van der Waals surface area contributed by atoms with E-state index in [0.29, 0.717) is 0 Å². The highest BCUT2D eigenvalue weighted by atomic mass is 19.1. The quantitative estimate of drug-likeness (QED) is 0.526. The molecule has 0 nitrogen and oxygen atoms in total. The van der Waals surface area contributed by atoms with Crippen LogP contribution in [0.4, 0.5) is 4.39 Å². The first-order valence-electron chi connectivity index (χ1n) is 3.84. The number of hydrogen-bond acceptors (Lipinski definition) is 0. The van der Waals surface area contributed by atoms with Crippen LogP contribution in [-0.2, 0) is 0 Å². The average molecular weight is 140 g/mol. The summed E-state index contributed by atoms with van der Waals surface area (Å²) in [6.45, 7) is -0.166. The maximum absolute atomic E-state index is 11.6. The zero-order valence-corrected chi connectivity index (χ0v) is 6.15. The molecule has 0 amide bonds. The van der Waals surface area contributed by atoms with Gasteiger partial charge in [0, 0.05) is 0 Å². The molecule has 0 bridgehead atoms. The minimum atomic E-state index is -0.166. The molecule has 0 aliphatic heterocycles. The van der Waals surface area contributed by atoms with Gasteiger partial charge in [-0.25, -0.2) is 0 Å². The number of halogens is 1. The lowest BCUT2D eigenvalue weighted by Crippen LogP contribution is -1.81. The Balaban J connectivity index is 2.04. The van der Waals surface area contributed by atoms with Crippen LogP contribution in [0.2, 0.25) is 0 Å². The zero-order chi connectivity index (χ0) is 7.23. The van der Waals surface area contributed by atoms with Gasteiger partial charge in [0.2, 0.25) is 0 Å². The largest absolute Gasteiger partial charge is 0.251 e. The smallest absolute Gasteiger partial charge is 0.0894 e. The molecule has 0 radical (unpaired) electrons. The van der Waals surface area contributed by atoms with Crippen LogP contribution in [0.15, 0.2) is 23.8 Å². The Kier molecular flexibility index (Phi) is 3.20. The van der Waals surface area contributed by atoms with Gasteiger partial charge < -0.3 is 0 Å². The Bertz CT molecular complexity index is 145. The molecule has 56 valence electrons. The first-order valence-corrected chi connectivity index (χ1v) is 3.84. The summed E-state index contributed by atoms with van der Waals surface area (Å²) in [7, 11) is 0. The van der Waals surface area contributed by atoms with Gasteiger partial charge in [-0.15, -0.1) is 0 Å². The van der Waals surface area contributed by atoms with Crippen molar-refractivity contribution in [2.45, 2.75) is 25.7 Å². The summed E-state index contributed by atoms with van der Waals surface area (Å²) in [4.78, 5) is 0. The third kappa shape index (κ3) is 2.34. The van der Waals surface area contributed by atoms with Crippen molar-refractivity contribution in [1.82, 2.24) is 0 Å². The molecule has 0 fully saturated rings. The molecule has 0 aromatic heterocycles. The van der Waals surface area contributed by atoms with E-state index in [4.69, 9.17) is 0 Å². The number of unbranched alkanes of at least 4 members (excludes halogenated alkanes) is 1. The Morgan fingerprint density at radius 1 is 1.40 bits per heavy atom. The third-order valence-corrected chi connectivity index (χ3v) is 1.73. The molecule has 0 unspecified atom stereocenters. The van der Waals surface area contributed by atoms with Gasteiger partial charge in [-0.3, -0.25) is 4.39 Å². The topological polar surface area (TPSA) is 0 Å². The lowest BCUT2D eigenvalue weighted by molar-refractivity contribution is 0.461. The minimum Gasteiger partial charge on any atom is -0.251 e. The van der Waals surface area contributed by atoms with Gasteiger partial charge in [0.25, 0.3) is 0 Å². The van der Waals surface area contributed by atoms with Gasteiger partial charge in [0.15, 0.2) is 0 Å². The summed E-state index contributed by atoms with van der Waals surface area (Å²) in [5.41, 5.74) is 1.45. The van der Waals surface area contributed by atoms with Gasteiger partial charge in [-0.05, 0) is 25.7 Å². The van der Waals surface area contributed by atoms with E-state index in [1.165, 1.54) is 5.57 Å². The van der Waals surface area contributed by atoms with Crippen molar-refractivity contribution in [2.75, 3.05) is 6.67 Å². The molecule has 0 heterocycles. The second-order valence-electron chi connectivity index (χ2n) is 2.60.